The predicted molar refractivity (Wildman–Crippen MR) is 162 cm³/mol. The molecule has 13 nitrogen and oxygen atoms in total. The number of methoxy groups -OCH3 is 1. The Balaban J connectivity index is 2.32. The fraction of sp³-hybridized carbons (Fsp3) is 0.645. The number of hydrogen-bond acceptors (Lipinski definition) is 11. The highest BCUT2D eigenvalue weighted by molar-refractivity contribution is 5.98. The number of hydrogen-bond donors (Lipinski definition) is 2. The molecule has 2 amide bonds. The van der Waals surface area contributed by atoms with Gasteiger partial charge in [0, 0.05) is 23.5 Å². The molecule has 0 bridgehead atoms. The highest BCUT2D eigenvalue weighted by atomic mass is 16.6. The molecule has 13 heteroatoms. The molecule has 0 saturated heterocycles. The lowest BCUT2D eigenvalue weighted by atomic mass is 10.0. The third kappa shape index (κ3) is 11.4. The van der Waals surface area contributed by atoms with Crippen molar-refractivity contribution in [3.8, 4) is 0 Å². The smallest absolute Gasteiger partial charge is 0.410 e. The summed E-state index contributed by atoms with van der Waals surface area (Å²) in [5.74, 6) is -1.77. The summed E-state index contributed by atoms with van der Waals surface area (Å²) in [5, 5.41) is 6.14. The van der Waals surface area contributed by atoms with Crippen molar-refractivity contribution in [3.05, 3.63) is 36.2 Å². The summed E-state index contributed by atoms with van der Waals surface area (Å²) in [6, 6.07) is -1.99. The minimum absolute atomic E-state index is 0.00809. The van der Waals surface area contributed by atoms with Crippen LogP contribution >= 0.6 is 0 Å². The number of carbonyl (C=O) groups is 5. The van der Waals surface area contributed by atoms with Crippen LogP contribution in [0.4, 0.5) is 4.79 Å². The number of nitrogens with zero attached hydrogens (tertiary/aromatic N) is 2. The van der Waals surface area contributed by atoms with Gasteiger partial charge in [-0.3, -0.25) is 19.3 Å². The summed E-state index contributed by atoms with van der Waals surface area (Å²) in [6.07, 6.45) is 2.07. The minimum atomic E-state index is -1.04. The van der Waals surface area contributed by atoms with Gasteiger partial charge in [0.25, 0.3) is 0 Å². The Bertz CT molecular complexity index is 1170. The summed E-state index contributed by atoms with van der Waals surface area (Å²) >= 11 is 0. The summed E-state index contributed by atoms with van der Waals surface area (Å²) in [5.41, 5.74) is -0.532. The number of nitrogens with one attached hydrogen (secondary N) is 2. The maximum atomic E-state index is 14.1. The van der Waals surface area contributed by atoms with Crippen LogP contribution in [0.2, 0.25) is 0 Å². The molecule has 0 saturated carbocycles. The van der Waals surface area contributed by atoms with E-state index in [1.807, 2.05) is 41.5 Å². The van der Waals surface area contributed by atoms with Crippen molar-refractivity contribution in [1.29, 1.82) is 0 Å². The van der Waals surface area contributed by atoms with Crippen molar-refractivity contribution >= 4 is 29.5 Å². The van der Waals surface area contributed by atoms with Crippen LogP contribution in [-0.2, 0) is 38.1 Å². The van der Waals surface area contributed by atoms with Gasteiger partial charge in [-0.05, 0) is 55.4 Å². The topological polar surface area (TPSA) is 153 Å². The summed E-state index contributed by atoms with van der Waals surface area (Å²) in [4.78, 5) is 67.1. The second-order valence-corrected chi connectivity index (χ2v) is 12.8. The maximum absolute atomic E-state index is 14.1. The lowest BCUT2D eigenvalue weighted by molar-refractivity contribution is -0.150. The Morgan fingerprint density at radius 3 is 1.77 bits per heavy atom. The van der Waals surface area contributed by atoms with E-state index >= 15 is 0 Å². The summed E-state index contributed by atoms with van der Waals surface area (Å²) in [6.45, 7) is 17.6. The van der Waals surface area contributed by atoms with Crippen LogP contribution in [0.5, 0.6) is 0 Å². The van der Waals surface area contributed by atoms with E-state index in [2.05, 4.69) is 17.2 Å². The molecule has 0 radical (unpaired) electrons. The van der Waals surface area contributed by atoms with Gasteiger partial charge in [0.1, 0.15) is 12.6 Å². The maximum Gasteiger partial charge on any atom is 0.410 e. The van der Waals surface area contributed by atoms with Gasteiger partial charge in [-0.25, -0.2) is 9.59 Å². The van der Waals surface area contributed by atoms with E-state index in [1.165, 1.54) is 35.1 Å². The van der Waals surface area contributed by atoms with Crippen LogP contribution in [-0.4, -0.2) is 115 Å². The van der Waals surface area contributed by atoms with E-state index in [0.29, 0.717) is 11.4 Å². The highest BCUT2D eigenvalue weighted by Gasteiger charge is 2.38. The molecule has 0 aliphatic carbocycles. The van der Waals surface area contributed by atoms with Crippen molar-refractivity contribution in [2.24, 2.45) is 0 Å². The molecule has 2 aliphatic rings. The van der Waals surface area contributed by atoms with Crippen molar-refractivity contribution in [3.63, 3.8) is 0 Å². The monoisotopic (exact) mass is 620 g/mol. The van der Waals surface area contributed by atoms with E-state index in [1.54, 1.807) is 13.8 Å². The highest BCUT2D eigenvalue weighted by Crippen LogP contribution is 2.20. The molecule has 0 unspecified atom stereocenters. The van der Waals surface area contributed by atoms with Crippen LogP contribution in [0.15, 0.2) is 36.2 Å². The van der Waals surface area contributed by atoms with E-state index in [4.69, 9.17) is 18.9 Å². The second kappa shape index (κ2) is 15.3. The molecule has 0 fully saturated rings. The largest absolute Gasteiger partial charge is 0.467 e. The molecule has 2 heterocycles. The van der Waals surface area contributed by atoms with Gasteiger partial charge in [0.05, 0.1) is 56.7 Å². The van der Waals surface area contributed by atoms with Gasteiger partial charge in [0.15, 0.2) is 17.6 Å². The van der Waals surface area contributed by atoms with Gasteiger partial charge in [-0.2, -0.15) is 0 Å². The van der Waals surface area contributed by atoms with Crippen molar-refractivity contribution in [1.82, 2.24) is 20.4 Å². The molecule has 0 spiro atoms. The Hall–Kier alpha value is -3.71. The lowest BCUT2D eigenvalue weighted by Gasteiger charge is -2.37. The second-order valence-electron chi connectivity index (χ2n) is 12.8. The van der Waals surface area contributed by atoms with E-state index in [-0.39, 0.29) is 44.4 Å². The van der Waals surface area contributed by atoms with Crippen molar-refractivity contribution in [2.75, 3.05) is 39.9 Å². The lowest BCUT2D eigenvalue weighted by Crippen LogP contribution is -2.58. The zero-order valence-electron chi connectivity index (χ0n) is 27.4. The van der Waals surface area contributed by atoms with Crippen LogP contribution in [0, 0.1) is 0 Å². The number of rotatable bonds is 12. The van der Waals surface area contributed by atoms with E-state index in [0.717, 1.165) is 0 Å². The molecule has 0 aromatic carbocycles. The fourth-order valence-corrected chi connectivity index (χ4v) is 4.87. The van der Waals surface area contributed by atoms with E-state index < -0.39 is 53.5 Å². The molecule has 4 atom stereocenters. The number of ether oxygens (including phenoxy) is 4. The molecule has 0 aromatic rings. The average molecular weight is 621 g/mol. The summed E-state index contributed by atoms with van der Waals surface area (Å²) in [7, 11) is 1.26. The first kappa shape index (κ1) is 36.5. The van der Waals surface area contributed by atoms with Crippen LogP contribution in [0.1, 0.15) is 55.4 Å². The molecular formula is C31H48N4O9. The first-order valence-corrected chi connectivity index (χ1v) is 14.6. The zero-order chi connectivity index (χ0) is 33.4. The number of amides is 2. The van der Waals surface area contributed by atoms with Crippen LogP contribution in [0.25, 0.3) is 0 Å². The summed E-state index contributed by atoms with van der Waals surface area (Å²) < 4.78 is 22.1. The number of esters is 1. The fourth-order valence-electron chi connectivity index (χ4n) is 4.87. The minimum Gasteiger partial charge on any atom is -0.467 e. The normalized spacial score (nSPS) is 18.8. The number of ketones is 2. The van der Waals surface area contributed by atoms with Gasteiger partial charge >= 0.3 is 12.1 Å². The Morgan fingerprint density at radius 1 is 0.841 bits per heavy atom. The average Bonchev–Trinajstić information content (AvgIpc) is 2.89. The first-order chi connectivity index (χ1) is 20.3. The molecule has 246 valence electrons. The predicted octanol–water partition coefficient (Wildman–Crippen LogP) is 1.87. The Labute approximate surface area is 259 Å². The zero-order valence-corrected chi connectivity index (χ0v) is 27.4. The molecule has 44 heavy (non-hydrogen) atoms. The van der Waals surface area contributed by atoms with Crippen molar-refractivity contribution < 1.29 is 42.9 Å². The third-order valence-corrected chi connectivity index (χ3v) is 6.40. The van der Waals surface area contributed by atoms with Gasteiger partial charge in [-0.15, -0.1) is 0 Å². The SMILES string of the molecule is C=CCOC(=O)N1CC(=O)C=C(N[C@H](C(=O)N2CC(=O)C=C(N[C@H](C(=O)OC)[C@@H](C)OC(C)(C)C)C2)[C@@H](C)OC(C)(C)C)C1. The number of carbonyl (C=O) groups excluding carboxylic acids is 5. The molecular weight excluding hydrogens is 572 g/mol. The molecule has 0 aromatic heterocycles. The van der Waals surface area contributed by atoms with E-state index in [9.17, 15) is 24.0 Å². The standard InChI is InChI=1S/C31H48N4O9/c1-11-12-42-29(40)35-16-22(14-24(37)18-35)32-25(19(2)43-30(4,5)6)27(38)34-15-21(13-23(36)17-34)33-26(28(39)41-10)20(3)44-31(7,8)9/h11,13-14,19-20,25-26,32-33H,1,12,15-18H2,2-10H3/t19-,20-,25+,26+/m1/s1. The van der Waals surface area contributed by atoms with Crippen LogP contribution < -0.4 is 10.6 Å². The van der Waals surface area contributed by atoms with Crippen molar-refractivity contribution in [2.45, 2.75) is 90.9 Å². The molecule has 2 rings (SSSR count). The first-order valence-electron chi connectivity index (χ1n) is 14.6. The third-order valence-electron chi connectivity index (χ3n) is 6.40. The van der Waals surface area contributed by atoms with Crippen LogP contribution in [0.3, 0.4) is 0 Å². The van der Waals surface area contributed by atoms with Gasteiger partial charge in [0.2, 0.25) is 5.91 Å². The Kier molecular flexibility index (Phi) is 12.7. The van der Waals surface area contributed by atoms with Gasteiger partial charge < -0.3 is 34.5 Å². The molecule has 2 N–H and O–H groups in total. The Morgan fingerprint density at radius 2 is 1.30 bits per heavy atom. The van der Waals surface area contributed by atoms with Gasteiger partial charge in [-0.1, -0.05) is 12.7 Å². The molecule has 2 aliphatic heterocycles. The quantitative estimate of drug-likeness (QED) is 0.243.